The number of thiophene rings is 2. The Morgan fingerprint density at radius 1 is 0.700 bits per heavy atom. The van der Waals surface area contributed by atoms with Crippen molar-refractivity contribution in [3.63, 3.8) is 0 Å². The third kappa shape index (κ3) is 2.58. The Kier molecular flexibility index (Phi) is 3.90. The average molecular weight is 446 g/mol. The molecule has 0 amide bonds. The summed E-state index contributed by atoms with van der Waals surface area (Å²) in [5.74, 6) is 0. The van der Waals surface area contributed by atoms with Crippen molar-refractivity contribution < 1.29 is 8.42 Å². The molecule has 30 heavy (non-hydrogen) atoms. The first-order valence-electron chi connectivity index (χ1n) is 9.44. The lowest BCUT2D eigenvalue weighted by atomic mass is 10.1. The summed E-state index contributed by atoms with van der Waals surface area (Å²) in [5, 5.41) is 5.10. The normalized spacial score (nSPS) is 12.3. The molecule has 3 heterocycles. The minimum Gasteiger partial charge on any atom is -0.233 e. The van der Waals surface area contributed by atoms with Gasteiger partial charge >= 0.3 is 0 Å². The van der Waals surface area contributed by atoms with Crippen molar-refractivity contribution in [3.8, 4) is 9.75 Å². The molecular formula is C24H15NO2S3. The van der Waals surface area contributed by atoms with Crippen LogP contribution >= 0.6 is 22.7 Å². The highest BCUT2D eigenvalue weighted by Crippen LogP contribution is 2.40. The number of fused-ring (bicyclic) bond motifs is 4. The van der Waals surface area contributed by atoms with Crippen molar-refractivity contribution in [3.05, 3.63) is 90.3 Å². The number of nitrogens with zero attached hydrogens (tertiary/aromatic N) is 1. The van der Waals surface area contributed by atoms with Gasteiger partial charge in [0.2, 0.25) is 0 Å². The van der Waals surface area contributed by atoms with E-state index in [1.165, 1.54) is 13.7 Å². The standard InChI is InChI=1S/C24H15NO2S3/c26-30(27,17-7-2-1-3-8-17)25-20-10-5-4-9-18(20)19-13-16-14-24(22-11-6-12-28-22)29-23(16)15-21(19)25/h1-15H. The van der Waals surface area contributed by atoms with Gasteiger partial charge in [0.05, 0.1) is 15.9 Å². The maximum Gasteiger partial charge on any atom is 0.268 e. The van der Waals surface area contributed by atoms with Crippen LogP contribution in [0.25, 0.3) is 41.6 Å². The van der Waals surface area contributed by atoms with E-state index in [1.54, 1.807) is 46.9 Å². The molecule has 0 saturated heterocycles. The summed E-state index contributed by atoms with van der Waals surface area (Å²) in [7, 11) is -3.73. The van der Waals surface area contributed by atoms with E-state index in [2.05, 4.69) is 29.6 Å². The first-order chi connectivity index (χ1) is 14.6. The molecule has 0 aliphatic carbocycles. The molecule has 0 saturated carbocycles. The maximum atomic E-state index is 13.6. The number of hydrogen-bond acceptors (Lipinski definition) is 4. The summed E-state index contributed by atoms with van der Waals surface area (Å²) in [6.45, 7) is 0. The number of rotatable bonds is 3. The largest absolute Gasteiger partial charge is 0.268 e. The maximum absolute atomic E-state index is 13.6. The third-order valence-corrected chi connectivity index (χ3v) is 9.22. The predicted molar refractivity (Wildman–Crippen MR) is 127 cm³/mol. The second-order valence-corrected chi connectivity index (χ2v) is 10.9. The average Bonchev–Trinajstić information content (AvgIpc) is 3.49. The van der Waals surface area contributed by atoms with Crippen molar-refractivity contribution in [2.75, 3.05) is 0 Å². The first-order valence-corrected chi connectivity index (χ1v) is 12.6. The van der Waals surface area contributed by atoms with Crippen molar-refractivity contribution in [2.24, 2.45) is 0 Å². The zero-order chi connectivity index (χ0) is 20.3. The molecule has 3 nitrogen and oxygen atoms in total. The molecule has 3 aromatic carbocycles. The lowest BCUT2D eigenvalue weighted by molar-refractivity contribution is 0.590. The molecule has 0 fully saturated rings. The Labute approximate surface area is 181 Å². The molecule has 0 radical (unpaired) electrons. The van der Waals surface area contributed by atoms with Gasteiger partial charge < -0.3 is 0 Å². The predicted octanol–water partition coefficient (Wildman–Crippen LogP) is 6.97. The van der Waals surface area contributed by atoms with Crippen LogP contribution in [0.15, 0.2) is 95.2 Å². The quantitative estimate of drug-likeness (QED) is 0.295. The molecule has 6 aromatic rings. The molecule has 6 rings (SSSR count). The van der Waals surface area contributed by atoms with Crippen LogP contribution in [0.3, 0.4) is 0 Å². The Morgan fingerprint density at radius 3 is 2.30 bits per heavy atom. The molecule has 146 valence electrons. The molecule has 0 aliphatic heterocycles. The Hall–Kier alpha value is -2.93. The molecule has 0 bridgehead atoms. The highest BCUT2D eigenvalue weighted by Gasteiger charge is 2.23. The van der Waals surface area contributed by atoms with E-state index in [1.807, 2.05) is 36.4 Å². The van der Waals surface area contributed by atoms with E-state index in [9.17, 15) is 8.42 Å². The Morgan fingerprint density at radius 2 is 1.50 bits per heavy atom. The second kappa shape index (κ2) is 6.54. The molecule has 6 heteroatoms. The van der Waals surface area contributed by atoms with Gasteiger partial charge in [0.1, 0.15) is 0 Å². The number of benzene rings is 3. The van der Waals surface area contributed by atoms with Crippen LogP contribution in [-0.2, 0) is 10.0 Å². The van der Waals surface area contributed by atoms with Crippen LogP contribution in [0.5, 0.6) is 0 Å². The van der Waals surface area contributed by atoms with Gasteiger partial charge in [-0.3, -0.25) is 0 Å². The van der Waals surface area contributed by atoms with E-state index in [-0.39, 0.29) is 0 Å². The van der Waals surface area contributed by atoms with Crippen LogP contribution in [-0.4, -0.2) is 12.4 Å². The number of para-hydroxylation sites is 1. The fraction of sp³-hybridized carbons (Fsp3) is 0. The number of hydrogen-bond donors (Lipinski definition) is 0. The molecule has 0 atom stereocenters. The molecule has 0 spiro atoms. The SMILES string of the molecule is O=S(=O)(c1ccccc1)n1c2ccccc2c2cc3cc(-c4cccs4)sc3cc21. The van der Waals surface area contributed by atoms with Crippen molar-refractivity contribution in [1.82, 2.24) is 3.97 Å². The fourth-order valence-corrected chi connectivity index (χ4v) is 7.41. The van der Waals surface area contributed by atoms with Gasteiger partial charge in [-0.15, -0.1) is 22.7 Å². The van der Waals surface area contributed by atoms with Gasteiger partial charge in [-0.05, 0) is 53.2 Å². The van der Waals surface area contributed by atoms with Gasteiger partial charge in [0.15, 0.2) is 0 Å². The monoisotopic (exact) mass is 445 g/mol. The van der Waals surface area contributed by atoms with Crippen molar-refractivity contribution in [1.29, 1.82) is 0 Å². The summed E-state index contributed by atoms with van der Waals surface area (Å²) in [6.07, 6.45) is 0. The Bertz CT molecular complexity index is 1640. The summed E-state index contributed by atoms with van der Waals surface area (Å²) in [5.41, 5.74) is 1.42. The van der Waals surface area contributed by atoms with Gasteiger partial charge in [0, 0.05) is 25.2 Å². The highest BCUT2D eigenvalue weighted by atomic mass is 32.2. The van der Waals surface area contributed by atoms with Crippen LogP contribution in [0.2, 0.25) is 0 Å². The molecular weight excluding hydrogens is 430 g/mol. The Balaban J connectivity index is 1.71. The van der Waals surface area contributed by atoms with E-state index in [4.69, 9.17) is 0 Å². The smallest absolute Gasteiger partial charge is 0.233 e. The van der Waals surface area contributed by atoms with Crippen LogP contribution in [0.4, 0.5) is 0 Å². The topological polar surface area (TPSA) is 39.1 Å². The van der Waals surface area contributed by atoms with Crippen LogP contribution in [0, 0.1) is 0 Å². The summed E-state index contributed by atoms with van der Waals surface area (Å²) < 4.78 is 29.8. The number of aromatic nitrogens is 1. The molecule has 0 N–H and O–H groups in total. The van der Waals surface area contributed by atoms with Gasteiger partial charge in [-0.1, -0.05) is 42.5 Å². The van der Waals surface area contributed by atoms with Crippen molar-refractivity contribution in [2.45, 2.75) is 4.90 Å². The summed E-state index contributed by atoms with van der Waals surface area (Å²) in [6, 6.07) is 26.8. The summed E-state index contributed by atoms with van der Waals surface area (Å²) in [4.78, 5) is 2.72. The van der Waals surface area contributed by atoms with E-state index in [0.29, 0.717) is 15.9 Å². The van der Waals surface area contributed by atoms with E-state index in [0.717, 1.165) is 20.9 Å². The lowest BCUT2D eigenvalue weighted by Crippen LogP contribution is -2.12. The van der Waals surface area contributed by atoms with E-state index < -0.39 is 10.0 Å². The molecule has 3 aromatic heterocycles. The minimum absolute atomic E-state index is 0.290. The third-order valence-electron chi connectivity index (χ3n) is 5.31. The minimum atomic E-state index is -3.73. The van der Waals surface area contributed by atoms with Crippen LogP contribution < -0.4 is 0 Å². The van der Waals surface area contributed by atoms with Gasteiger partial charge in [-0.2, -0.15) is 0 Å². The van der Waals surface area contributed by atoms with Crippen LogP contribution in [0.1, 0.15) is 0 Å². The van der Waals surface area contributed by atoms with Gasteiger partial charge in [-0.25, -0.2) is 12.4 Å². The molecule has 0 unspecified atom stereocenters. The molecule has 0 aliphatic rings. The highest BCUT2D eigenvalue weighted by molar-refractivity contribution is 7.90. The lowest BCUT2D eigenvalue weighted by Gasteiger charge is -2.09. The first kappa shape index (κ1) is 17.9. The zero-order valence-electron chi connectivity index (χ0n) is 15.6. The zero-order valence-corrected chi connectivity index (χ0v) is 18.1. The van der Waals surface area contributed by atoms with Crippen molar-refractivity contribution >= 4 is 64.6 Å². The van der Waals surface area contributed by atoms with Gasteiger partial charge in [0.25, 0.3) is 10.0 Å². The fourth-order valence-electron chi connectivity index (χ4n) is 3.97. The van der Waals surface area contributed by atoms with E-state index >= 15 is 0 Å². The summed E-state index contributed by atoms with van der Waals surface area (Å²) >= 11 is 3.41. The second-order valence-electron chi connectivity index (χ2n) is 7.09.